The molecule has 0 N–H and O–H groups in total. The molecule has 1 saturated heterocycles. The number of rotatable bonds is 4. The number of hydrogen-bond acceptors (Lipinski definition) is 4. The molecular formula is C17H16ClNO4S. The molecule has 0 bridgehead atoms. The highest BCUT2D eigenvalue weighted by Gasteiger charge is 2.40. The zero-order valence-electron chi connectivity index (χ0n) is 13.0. The van der Waals surface area contributed by atoms with Gasteiger partial charge in [-0.05, 0) is 42.5 Å². The van der Waals surface area contributed by atoms with Crippen LogP contribution in [0.5, 0.6) is 5.75 Å². The number of carbonyl (C=O) groups excluding carboxylic acids is 1. The van der Waals surface area contributed by atoms with E-state index in [0.29, 0.717) is 16.3 Å². The molecule has 1 aliphatic heterocycles. The van der Waals surface area contributed by atoms with Gasteiger partial charge in [-0.1, -0.05) is 17.7 Å². The van der Waals surface area contributed by atoms with E-state index in [2.05, 4.69) is 0 Å². The van der Waals surface area contributed by atoms with Crippen LogP contribution < -0.4 is 4.74 Å². The molecule has 0 spiro atoms. The molecule has 0 aromatic heterocycles. The fourth-order valence-electron chi connectivity index (χ4n) is 2.56. The van der Waals surface area contributed by atoms with Gasteiger partial charge in [0.15, 0.2) is 9.84 Å². The third-order valence-corrected chi connectivity index (χ3v) is 6.39. The normalized spacial score (nSPS) is 15.0. The van der Waals surface area contributed by atoms with Gasteiger partial charge in [-0.15, -0.1) is 0 Å². The third-order valence-electron chi connectivity index (χ3n) is 4.03. The number of carbonyl (C=O) groups is 1. The summed E-state index contributed by atoms with van der Waals surface area (Å²) in [4.78, 5) is 14.2. The van der Waals surface area contributed by atoms with Gasteiger partial charge in [0.05, 0.1) is 12.0 Å². The third kappa shape index (κ3) is 3.12. The molecule has 0 radical (unpaired) electrons. The molecule has 2 aromatic carbocycles. The minimum atomic E-state index is -3.46. The fourth-order valence-corrected chi connectivity index (χ4v) is 4.33. The van der Waals surface area contributed by atoms with Crippen molar-refractivity contribution >= 4 is 27.3 Å². The van der Waals surface area contributed by atoms with Crippen molar-refractivity contribution in [3.05, 3.63) is 59.1 Å². The predicted octanol–water partition coefficient (Wildman–Crippen LogP) is 2.65. The van der Waals surface area contributed by atoms with E-state index >= 15 is 0 Å². The number of nitrogens with zero attached hydrogens (tertiary/aromatic N) is 1. The molecule has 1 heterocycles. The number of benzene rings is 2. The molecular weight excluding hydrogens is 350 g/mol. The highest BCUT2D eigenvalue weighted by molar-refractivity contribution is 7.92. The first-order valence-corrected chi connectivity index (χ1v) is 9.27. The Morgan fingerprint density at radius 3 is 2.46 bits per heavy atom. The van der Waals surface area contributed by atoms with E-state index in [0.717, 1.165) is 0 Å². The first-order chi connectivity index (χ1) is 11.4. The zero-order valence-corrected chi connectivity index (χ0v) is 14.5. The highest BCUT2D eigenvalue weighted by atomic mass is 35.5. The van der Waals surface area contributed by atoms with Crippen molar-refractivity contribution in [2.24, 2.45) is 0 Å². The molecule has 2 aromatic rings. The zero-order chi connectivity index (χ0) is 17.3. The molecule has 0 aliphatic carbocycles. The van der Waals surface area contributed by atoms with Gasteiger partial charge < -0.3 is 9.64 Å². The number of methoxy groups -OCH3 is 1. The summed E-state index contributed by atoms with van der Waals surface area (Å²) in [5.74, 6) is 0.392. The van der Waals surface area contributed by atoms with Gasteiger partial charge in [0.25, 0.3) is 5.91 Å². The lowest BCUT2D eigenvalue weighted by Crippen LogP contribution is -2.56. The second-order valence-electron chi connectivity index (χ2n) is 5.56. The van der Waals surface area contributed by atoms with Crippen LogP contribution in [0, 0.1) is 0 Å². The number of sulfone groups is 1. The van der Waals surface area contributed by atoms with Gasteiger partial charge in [-0.25, -0.2) is 8.42 Å². The number of halogens is 1. The Morgan fingerprint density at radius 2 is 1.83 bits per heavy atom. The molecule has 3 rings (SSSR count). The predicted molar refractivity (Wildman–Crippen MR) is 91.3 cm³/mol. The van der Waals surface area contributed by atoms with E-state index in [1.807, 2.05) is 0 Å². The van der Waals surface area contributed by atoms with Gasteiger partial charge in [0.1, 0.15) is 11.0 Å². The lowest BCUT2D eigenvalue weighted by Gasteiger charge is -2.38. The molecule has 5 nitrogen and oxygen atoms in total. The largest absolute Gasteiger partial charge is 0.497 e. The van der Waals surface area contributed by atoms with E-state index in [4.69, 9.17) is 16.3 Å². The molecule has 126 valence electrons. The summed E-state index contributed by atoms with van der Waals surface area (Å²) in [6.45, 7) is 0.363. The summed E-state index contributed by atoms with van der Waals surface area (Å²) in [5.41, 5.74) is 0.483. The molecule has 24 heavy (non-hydrogen) atoms. The van der Waals surface area contributed by atoms with Crippen LogP contribution in [0.2, 0.25) is 5.02 Å². The van der Waals surface area contributed by atoms with Crippen molar-refractivity contribution in [2.75, 3.05) is 20.2 Å². The SMILES string of the molecule is COc1cccc(C(=O)N2CC(S(=O)(=O)c3ccc(Cl)cc3)C2)c1. The first-order valence-electron chi connectivity index (χ1n) is 7.34. The average Bonchev–Trinajstić information content (AvgIpc) is 2.53. The van der Waals surface area contributed by atoms with Gasteiger partial charge in [-0.3, -0.25) is 4.79 Å². The van der Waals surface area contributed by atoms with Crippen LogP contribution >= 0.6 is 11.6 Å². The van der Waals surface area contributed by atoms with Crippen molar-refractivity contribution in [3.8, 4) is 5.75 Å². The van der Waals surface area contributed by atoms with Crippen LogP contribution in [0.3, 0.4) is 0 Å². The van der Waals surface area contributed by atoms with E-state index in [1.165, 1.54) is 24.1 Å². The Morgan fingerprint density at radius 1 is 1.17 bits per heavy atom. The molecule has 0 atom stereocenters. The minimum absolute atomic E-state index is 0.182. The Bertz CT molecular complexity index is 858. The molecule has 0 unspecified atom stereocenters. The second-order valence-corrected chi connectivity index (χ2v) is 8.23. The van der Waals surface area contributed by atoms with Crippen molar-refractivity contribution in [1.82, 2.24) is 4.90 Å². The Hall–Kier alpha value is -2.05. The minimum Gasteiger partial charge on any atom is -0.497 e. The van der Waals surface area contributed by atoms with E-state index < -0.39 is 15.1 Å². The monoisotopic (exact) mass is 365 g/mol. The number of ether oxygens (including phenoxy) is 1. The van der Waals surface area contributed by atoms with E-state index in [-0.39, 0.29) is 23.9 Å². The van der Waals surface area contributed by atoms with Gasteiger partial charge in [-0.2, -0.15) is 0 Å². The van der Waals surface area contributed by atoms with Crippen LogP contribution in [0.1, 0.15) is 10.4 Å². The average molecular weight is 366 g/mol. The molecule has 0 saturated carbocycles. The lowest BCUT2D eigenvalue weighted by atomic mass is 10.1. The summed E-state index contributed by atoms with van der Waals surface area (Å²) in [6.07, 6.45) is 0. The van der Waals surface area contributed by atoms with Gasteiger partial charge in [0, 0.05) is 23.7 Å². The quantitative estimate of drug-likeness (QED) is 0.835. The van der Waals surface area contributed by atoms with Gasteiger partial charge in [0.2, 0.25) is 0 Å². The van der Waals surface area contributed by atoms with Crippen molar-refractivity contribution in [2.45, 2.75) is 10.1 Å². The first kappa shape index (κ1) is 16.8. The Labute approximate surface area is 145 Å². The summed E-state index contributed by atoms with van der Waals surface area (Å²) in [7, 11) is -1.93. The topological polar surface area (TPSA) is 63.7 Å². The molecule has 7 heteroatoms. The molecule has 1 fully saturated rings. The van der Waals surface area contributed by atoms with Crippen LogP contribution in [-0.4, -0.2) is 44.7 Å². The van der Waals surface area contributed by atoms with Gasteiger partial charge >= 0.3 is 0 Å². The maximum Gasteiger partial charge on any atom is 0.254 e. The summed E-state index contributed by atoms with van der Waals surface area (Å²) in [6, 6.07) is 12.9. The van der Waals surface area contributed by atoms with Crippen LogP contribution in [-0.2, 0) is 9.84 Å². The summed E-state index contributed by atoms with van der Waals surface area (Å²) in [5, 5.41) is -0.106. The van der Waals surface area contributed by atoms with E-state index in [1.54, 1.807) is 36.4 Å². The summed E-state index contributed by atoms with van der Waals surface area (Å²) < 4.78 is 30.2. The van der Waals surface area contributed by atoms with Crippen LogP contribution in [0.4, 0.5) is 0 Å². The van der Waals surface area contributed by atoms with E-state index in [9.17, 15) is 13.2 Å². The number of amides is 1. The number of likely N-dealkylation sites (tertiary alicyclic amines) is 1. The van der Waals surface area contributed by atoms with Crippen molar-refractivity contribution in [1.29, 1.82) is 0 Å². The second kappa shape index (κ2) is 6.45. The summed E-state index contributed by atoms with van der Waals surface area (Å²) >= 11 is 5.79. The standard InChI is InChI=1S/C17H16ClNO4S/c1-23-14-4-2-3-12(9-14)17(20)19-10-16(11-19)24(21,22)15-7-5-13(18)6-8-15/h2-9,16H,10-11H2,1H3. The Balaban J connectivity index is 1.70. The van der Waals surface area contributed by atoms with Crippen LogP contribution in [0.15, 0.2) is 53.4 Å². The number of hydrogen-bond donors (Lipinski definition) is 0. The fraction of sp³-hybridized carbons (Fsp3) is 0.235. The molecule has 1 aliphatic rings. The molecule has 1 amide bonds. The van der Waals surface area contributed by atoms with Crippen LogP contribution in [0.25, 0.3) is 0 Å². The van der Waals surface area contributed by atoms with Crippen molar-refractivity contribution < 1.29 is 17.9 Å². The Kier molecular flexibility index (Phi) is 4.51. The maximum atomic E-state index is 12.5. The lowest BCUT2D eigenvalue weighted by molar-refractivity contribution is 0.0658. The maximum absolute atomic E-state index is 12.5. The highest BCUT2D eigenvalue weighted by Crippen LogP contribution is 2.26. The smallest absolute Gasteiger partial charge is 0.254 e. The van der Waals surface area contributed by atoms with Crippen molar-refractivity contribution in [3.63, 3.8) is 0 Å².